The number of amides is 1. The Labute approximate surface area is 164 Å². The maximum absolute atomic E-state index is 12.3. The molecule has 0 atom stereocenters. The highest BCUT2D eigenvalue weighted by Gasteiger charge is 2.17. The molecule has 0 unspecified atom stereocenters. The van der Waals surface area contributed by atoms with Gasteiger partial charge in [-0.05, 0) is 41.3 Å². The van der Waals surface area contributed by atoms with Gasteiger partial charge in [0, 0.05) is 17.6 Å². The lowest BCUT2D eigenvalue weighted by Gasteiger charge is -2.22. The number of carbonyl (C=O) groups excluding carboxylic acids is 1. The molecule has 0 aliphatic carbocycles. The van der Waals surface area contributed by atoms with E-state index in [-0.39, 0.29) is 15.9 Å². The first-order chi connectivity index (χ1) is 13.0. The van der Waals surface area contributed by atoms with Crippen molar-refractivity contribution in [2.24, 2.45) is 5.14 Å². The number of primary sulfonamides is 1. The van der Waals surface area contributed by atoms with Gasteiger partial charge in [-0.3, -0.25) is 4.79 Å². The van der Waals surface area contributed by atoms with Crippen molar-refractivity contribution >= 4 is 27.3 Å². The molecule has 0 heterocycles. The molecule has 2 aromatic rings. The minimum atomic E-state index is -3.81. The smallest absolute Gasteiger partial charge is 0.267 e. The van der Waals surface area contributed by atoms with Crippen LogP contribution in [-0.2, 0) is 20.2 Å². The lowest BCUT2D eigenvalue weighted by atomic mass is 9.86. The predicted molar refractivity (Wildman–Crippen MR) is 109 cm³/mol. The minimum absolute atomic E-state index is 0.0676. The number of rotatable bonds is 5. The molecule has 0 aromatic heterocycles. The van der Waals surface area contributed by atoms with E-state index in [1.54, 1.807) is 0 Å². The Morgan fingerprint density at radius 2 is 1.71 bits per heavy atom. The number of sulfonamides is 1. The third-order valence-corrected chi connectivity index (χ3v) is 4.84. The van der Waals surface area contributed by atoms with Crippen LogP contribution in [0.3, 0.4) is 0 Å². The fourth-order valence-corrected chi connectivity index (χ4v) is 3.00. The molecule has 0 bridgehead atoms. The van der Waals surface area contributed by atoms with Gasteiger partial charge < -0.3 is 10.6 Å². The van der Waals surface area contributed by atoms with Crippen LogP contribution in [0.25, 0.3) is 0 Å². The van der Waals surface area contributed by atoms with Gasteiger partial charge >= 0.3 is 0 Å². The van der Waals surface area contributed by atoms with Gasteiger partial charge in [0.05, 0.1) is 4.90 Å². The summed E-state index contributed by atoms with van der Waals surface area (Å²) in [7, 11) is -3.81. The monoisotopic (exact) mass is 398 g/mol. The predicted octanol–water partition coefficient (Wildman–Crippen LogP) is 3.09. The molecule has 0 fully saturated rings. The van der Waals surface area contributed by atoms with Crippen molar-refractivity contribution in [3.63, 3.8) is 0 Å². The largest absolute Gasteiger partial charge is 0.360 e. The summed E-state index contributed by atoms with van der Waals surface area (Å²) in [5, 5.41) is 19.9. The average molecular weight is 398 g/mol. The second-order valence-electron chi connectivity index (χ2n) is 7.13. The van der Waals surface area contributed by atoms with Gasteiger partial charge in [0.2, 0.25) is 10.0 Å². The number of benzene rings is 2. The number of nitrogens with one attached hydrogen (secondary N) is 2. The fourth-order valence-electron chi connectivity index (χ4n) is 2.49. The molecular weight excluding hydrogens is 376 g/mol. The summed E-state index contributed by atoms with van der Waals surface area (Å²) in [4.78, 5) is 12.3. The molecule has 0 radical (unpaired) electrons. The van der Waals surface area contributed by atoms with E-state index in [0.29, 0.717) is 5.69 Å². The highest BCUT2D eigenvalue weighted by molar-refractivity contribution is 7.89. The van der Waals surface area contributed by atoms with Gasteiger partial charge in [-0.15, -0.1) is 0 Å². The zero-order valence-corrected chi connectivity index (χ0v) is 16.7. The van der Waals surface area contributed by atoms with E-state index in [1.807, 2.05) is 30.3 Å². The normalized spacial score (nSPS) is 12.2. The van der Waals surface area contributed by atoms with E-state index in [4.69, 9.17) is 5.14 Å². The molecule has 0 saturated carbocycles. The molecule has 4 N–H and O–H groups in total. The lowest BCUT2D eigenvalue weighted by molar-refractivity contribution is -0.112. The number of nitriles is 1. The number of nitrogens with zero attached hydrogens (tertiary/aromatic N) is 1. The van der Waals surface area contributed by atoms with Crippen LogP contribution in [-0.4, -0.2) is 14.3 Å². The first kappa shape index (κ1) is 21.2. The van der Waals surface area contributed by atoms with Crippen LogP contribution in [0.4, 0.5) is 11.4 Å². The van der Waals surface area contributed by atoms with Crippen LogP contribution >= 0.6 is 0 Å². The molecule has 0 spiro atoms. The van der Waals surface area contributed by atoms with E-state index < -0.39 is 15.9 Å². The lowest BCUT2D eigenvalue weighted by Crippen LogP contribution is -2.16. The van der Waals surface area contributed by atoms with E-state index in [0.717, 1.165) is 11.3 Å². The summed E-state index contributed by atoms with van der Waals surface area (Å²) in [6.07, 6.45) is 1.35. The topological polar surface area (TPSA) is 125 Å². The molecule has 2 rings (SSSR count). The number of para-hydroxylation sites is 1. The number of hydrogen-bond donors (Lipinski definition) is 3. The number of carbonyl (C=O) groups is 1. The third-order valence-electron chi connectivity index (χ3n) is 3.91. The van der Waals surface area contributed by atoms with E-state index >= 15 is 0 Å². The van der Waals surface area contributed by atoms with Crippen LogP contribution in [0.1, 0.15) is 26.3 Å². The van der Waals surface area contributed by atoms with Crippen LogP contribution in [0.2, 0.25) is 0 Å². The Kier molecular flexibility index (Phi) is 6.23. The standard InChI is InChI=1S/C20H22N4O3S/c1-20(2,3)17-6-4-5-7-18(17)23-13-14(12-21)19(25)24-15-8-10-16(11-9-15)28(22,26)27/h4-11,13,23H,1-3H3,(H,24,25)(H2,22,26,27)/b14-13-. The zero-order chi connectivity index (χ0) is 20.9. The summed E-state index contributed by atoms with van der Waals surface area (Å²) >= 11 is 0. The van der Waals surface area contributed by atoms with Crippen LogP contribution in [0, 0.1) is 11.3 Å². The highest BCUT2D eigenvalue weighted by Crippen LogP contribution is 2.29. The van der Waals surface area contributed by atoms with Crippen molar-refractivity contribution in [3.05, 3.63) is 65.9 Å². The first-order valence-corrected chi connectivity index (χ1v) is 9.97. The van der Waals surface area contributed by atoms with E-state index in [1.165, 1.54) is 30.5 Å². The summed E-state index contributed by atoms with van der Waals surface area (Å²) in [6.45, 7) is 6.21. The SMILES string of the molecule is CC(C)(C)c1ccccc1N/C=C(/C#N)C(=O)Nc1ccc(S(N)(=O)=O)cc1. The van der Waals surface area contributed by atoms with Gasteiger partial charge in [-0.2, -0.15) is 5.26 Å². The highest BCUT2D eigenvalue weighted by atomic mass is 32.2. The Hall–Kier alpha value is -3.15. The summed E-state index contributed by atoms with van der Waals surface area (Å²) in [5.41, 5.74) is 1.95. The molecule has 28 heavy (non-hydrogen) atoms. The number of nitrogens with two attached hydrogens (primary N) is 1. The Morgan fingerprint density at radius 3 is 2.25 bits per heavy atom. The molecule has 146 valence electrons. The van der Waals surface area contributed by atoms with Gasteiger partial charge in [0.15, 0.2) is 0 Å². The average Bonchev–Trinajstić information content (AvgIpc) is 2.61. The minimum Gasteiger partial charge on any atom is -0.360 e. The second-order valence-corrected chi connectivity index (χ2v) is 8.69. The van der Waals surface area contributed by atoms with Crippen molar-refractivity contribution in [1.29, 1.82) is 5.26 Å². The molecule has 0 aliphatic rings. The second kappa shape index (κ2) is 8.25. The molecule has 0 aliphatic heterocycles. The quantitative estimate of drug-likeness (QED) is 0.527. The van der Waals surface area contributed by atoms with Crippen molar-refractivity contribution in [3.8, 4) is 6.07 Å². The summed E-state index contributed by atoms with van der Waals surface area (Å²) in [5.74, 6) is -0.619. The van der Waals surface area contributed by atoms with Gasteiger partial charge in [0.1, 0.15) is 11.6 Å². The maximum Gasteiger partial charge on any atom is 0.267 e. The van der Waals surface area contributed by atoms with E-state index in [9.17, 15) is 18.5 Å². The Bertz CT molecular complexity index is 1040. The summed E-state index contributed by atoms with van der Waals surface area (Å²) in [6, 6.07) is 14.9. The number of hydrogen-bond acceptors (Lipinski definition) is 5. The van der Waals surface area contributed by atoms with Crippen LogP contribution in [0.15, 0.2) is 65.2 Å². The summed E-state index contributed by atoms with van der Waals surface area (Å²) < 4.78 is 22.5. The third kappa shape index (κ3) is 5.42. The van der Waals surface area contributed by atoms with Gasteiger partial charge in [0.25, 0.3) is 5.91 Å². The molecule has 1 amide bonds. The van der Waals surface area contributed by atoms with Crippen molar-refractivity contribution in [2.75, 3.05) is 10.6 Å². The zero-order valence-electron chi connectivity index (χ0n) is 15.9. The number of anilines is 2. The van der Waals surface area contributed by atoms with E-state index in [2.05, 4.69) is 31.4 Å². The molecule has 0 saturated heterocycles. The van der Waals surface area contributed by atoms with Crippen LogP contribution < -0.4 is 15.8 Å². The van der Waals surface area contributed by atoms with Crippen molar-refractivity contribution in [1.82, 2.24) is 0 Å². The first-order valence-electron chi connectivity index (χ1n) is 8.43. The molecule has 8 heteroatoms. The maximum atomic E-state index is 12.3. The molecule has 2 aromatic carbocycles. The van der Waals surface area contributed by atoms with Crippen molar-refractivity contribution in [2.45, 2.75) is 31.1 Å². The fraction of sp³-hybridized carbons (Fsp3) is 0.200. The van der Waals surface area contributed by atoms with Crippen molar-refractivity contribution < 1.29 is 13.2 Å². The Morgan fingerprint density at radius 1 is 1.11 bits per heavy atom. The molecular formula is C20H22N4O3S. The van der Waals surface area contributed by atoms with Gasteiger partial charge in [-0.1, -0.05) is 39.0 Å². The molecule has 7 nitrogen and oxygen atoms in total. The Balaban J connectivity index is 2.17. The van der Waals surface area contributed by atoms with Crippen LogP contribution in [0.5, 0.6) is 0 Å². The van der Waals surface area contributed by atoms with Gasteiger partial charge in [-0.25, -0.2) is 13.6 Å².